The Balaban J connectivity index is 2.27. The maximum absolute atomic E-state index is 12.1. The molecular weight excluding hydrogens is 403 g/mol. The summed E-state index contributed by atoms with van der Waals surface area (Å²) in [4.78, 5) is 20.5. The molecule has 120 valence electrons. The molecule has 2 aromatic rings. The van der Waals surface area contributed by atoms with Crippen molar-refractivity contribution in [1.29, 1.82) is 0 Å². The Labute approximate surface area is 151 Å². The first-order valence-corrected chi connectivity index (χ1v) is 8.51. The van der Waals surface area contributed by atoms with Gasteiger partial charge in [-0.3, -0.25) is 4.79 Å². The summed E-state index contributed by atoms with van der Waals surface area (Å²) >= 11 is 15.7. The van der Waals surface area contributed by atoms with Gasteiger partial charge in [0.1, 0.15) is 16.1 Å². The van der Waals surface area contributed by atoms with Crippen LogP contribution in [-0.2, 0) is 0 Å². The largest absolute Gasteiger partial charge is 0.367 e. The van der Waals surface area contributed by atoms with Gasteiger partial charge in [-0.1, -0.05) is 23.2 Å². The van der Waals surface area contributed by atoms with E-state index in [1.165, 1.54) is 0 Å². The molecule has 0 spiro atoms. The highest BCUT2D eigenvalue weighted by Gasteiger charge is 2.27. The van der Waals surface area contributed by atoms with E-state index in [2.05, 4.69) is 31.2 Å². The van der Waals surface area contributed by atoms with Crippen LogP contribution in [0.5, 0.6) is 0 Å². The van der Waals surface area contributed by atoms with Gasteiger partial charge >= 0.3 is 0 Å². The number of rotatable bonds is 4. The number of carbonyl (C=O) groups is 1. The first-order chi connectivity index (χ1) is 10.9. The lowest BCUT2D eigenvalue weighted by Crippen LogP contribution is -2.18. The number of amides is 1. The molecular formula is C15H13BrCl2N4O. The minimum atomic E-state index is -0.581. The molecule has 0 aliphatic heterocycles. The van der Waals surface area contributed by atoms with Crippen LogP contribution in [0.2, 0.25) is 10.3 Å². The lowest BCUT2D eigenvalue weighted by Gasteiger charge is -2.17. The number of primary amides is 1. The molecule has 2 aromatic heterocycles. The molecule has 0 unspecified atom stereocenters. The van der Waals surface area contributed by atoms with Gasteiger partial charge in [0.15, 0.2) is 0 Å². The fourth-order valence-corrected chi connectivity index (χ4v) is 3.52. The number of aryl methyl sites for hydroxylation is 1. The molecule has 0 atom stereocenters. The van der Waals surface area contributed by atoms with Crippen LogP contribution in [0.15, 0.2) is 16.7 Å². The van der Waals surface area contributed by atoms with Crippen molar-refractivity contribution < 1.29 is 4.79 Å². The molecule has 3 N–H and O–H groups in total. The maximum atomic E-state index is 12.1. The summed E-state index contributed by atoms with van der Waals surface area (Å²) in [5, 5.41) is 3.73. The van der Waals surface area contributed by atoms with E-state index in [0.29, 0.717) is 38.2 Å². The van der Waals surface area contributed by atoms with Gasteiger partial charge in [-0.25, -0.2) is 9.97 Å². The van der Waals surface area contributed by atoms with Crippen LogP contribution in [-0.4, -0.2) is 21.9 Å². The van der Waals surface area contributed by atoms with Crippen molar-refractivity contribution in [3.05, 3.63) is 38.2 Å². The first-order valence-electron chi connectivity index (χ1n) is 6.96. The highest BCUT2D eigenvalue weighted by molar-refractivity contribution is 9.10. The quantitative estimate of drug-likeness (QED) is 0.733. The average Bonchev–Trinajstić information content (AvgIpc) is 3.24. The Bertz CT molecular complexity index is 785. The molecule has 0 radical (unpaired) electrons. The summed E-state index contributed by atoms with van der Waals surface area (Å²) in [6.07, 6.45) is 3.72. The van der Waals surface area contributed by atoms with Gasteiger partial charge in [0.2, 0.25) is 0 Å². The van der Waals surface area contributed by atoms with Gasteiger partial charge < -0.3 is 11.1 Å². The predicted molar refractivity (Wildman–Crippen MR) is 95.1 cm³/mol. The number of carbonyl (C=O) groups excluding carboxylic acids is 1. The summed E-state index contributed by atoms with van der Waals surface area (Å²) in [5.74, 6) is -0.119. The lowest BCUT2D eigenvalue weighted by molar-refractivity contribution is 0.100. The van der Waals surface area contributed by atoms with Gasteiger partial charge in [-0.2, -0.15) is 0 Å². The van der Waals surface area contributed by atoms with E-state index in [-0.39, 0.29) is 5.15 Å². The van der Waals surface area contributed by atoms with Crippen molar-refractivity contribution in [2.75, 3.05) is 5.32 Å². The molecule has 5 nitrogen and oxygen atoms in total. The third-order valence-electron chi connectivity index (χ3n) is 3.59. The molecule has 1 aliphatic carbocycles. The summed E-state index contributed by atoms with van der Waals surface area (Å²) in [7, 11) is 0. The number of hydrogen-bond acceptors (Lipinski definition) is 4. The Kier molecular flexibility index (Phi) is 4.49. The van der Waals surface area contributed by atoms with Crippen LogP contribution in [0.1, 0.15) is 28.8 Å². The van der Waals surface area contributed by atoms with Crippen LogP contribution in [0, 0.1) is 6.92 Å². The van der Waals surface area contributed by atoms with E-state index < -0.39 is 5.91 Å². The summed E-state index contributed by atoms with van der Waals surface area (Å²) in [6, 6.07) is 2.02. The minimum absolute atomic E-state index is 0.210. The third kappa shape index (κ3) is 3.29. The zero-order chi connectivity index (χ0) is 16.7. The van der Waals surface area contributed by atoms with Crippen molar-refractivity contribution in [2.24, 2.45) is 5.73 Å². The van der Waals surface area contributed by atoms with E-state index in [4.69, 9.17) is 28.9 Å². The van der Waals surface area contributed by atoms with E-state index in [1.807, 2.05) is 6.92 Å². The third-order valence-corrected chi connectivity index (χ3v) is 4.66. The van der Waals surface area contributed by atoms with E-state index in [0.717, 1.165) is 18.4 Å². The monoisotopic (exact) mass is 414 g/mol. The SMILES string of the molecule is Cc1cc(Cl)nc(Cl)c1-c1c(Br)cnc(NC2CC2)c1C(N)=O. The number of nitrogens with one attached hydrogen (secondary N) is 1. The summed E-state index contributed by atoms with van der Waals surface area (Å²) < 4.78 is 0.613. The predicted octanol–water partition coefficient (Wildman–Crippen LogP) is 4.19. The maximum Gasteiger partial charge on any atom is 0.253 e. The van der Waals surface area contributed by atoms with Crippen molar-refractivity contribution in [3.63, 3.8) is 0 Å². The second-order valence-electron chi connectivity index (χ2n) is 5.42. The number of hydrogen-bond donors (Lipinski definition) is 2. The van der Waals surface area contributed by atoms with Crippen molar-refractivity contribution >= 4 is 50.9 Å². The number of halogens is 3. The molecule has 0 aromatic carbocycles. The minimum Gasteiger partial charge on any atom is -0.367 e. The fraction of sp³-hybridized carbons (Fsp3) is 0.267. The molecule has 8 heteroatoms. The van der Waals surface area contributed by atoms with E-state index >= 15 is 0 Å². The normalized spacial score (nSPS) is 13.9. The second-order valence-corrected chi connectivity index (χ2v) is 7.01. The smallest absolute Gasteiger partial charge is 0.253 e. The van der Waals surface area contributed by atoms with Crippen LogP contribution < -0.4 is 11.1 Å². The average molecular weight is 416 g/mol. The molecule has 1 saturated carbocycles. The van der Waals surface area contributed by atoms with Crippen molar-refractivity contribution in [2.45, 2.75) is 25.8 Å². The highest BCUT2D eigenvalue weighted by Crippen LogP contribution is 2.41. The van der Waals surface area contributed by atoms with Gasteiger partial charge in [0.05, 0.1) is 5.56 Å². The fourth-order valence-electron chi connectivity index (χ4n) is 2.40. The first kappa shape index (κ1) is 16.5. The number of anilines is 1. The van der Waals surface area contributed by atoms with Gasteiger partial charge in [-0.15, -0.1) is 0 Å². The Morgan fingerprint density at radius 3 is 2.65 bits per heavy atom. The lowest BCUT2D eigenvalue weighted by atomic mass is 9.98. The molecule has 2 heterocycles. The van der Waals surface area contributed by atoms with Crippen LogP contribution in [0.25, 0.3) is 11.1 Å². The number of nitrogens with zero attached hydrogens (tertiary/aromatic N) is 2. The number of pyridine rings is 2. The zero-order valence-corrected chi connectivity index (χ0v) is 15.3. The number of nitrogens with two attached hydrogens (primary N) is 1. The van der Waals surface area contributed by atoms with E-state index in [1.54, 1.807) is 12.3 Å². The zero-order valence-electron chi connectivity index (χ0n) is 12.2. The topological polar surface area (TPSA) is 80.9 Å². The summed E-state index contributed by atoms with van der Waals surface area (Å²) in [5.41, 5.74) is 7.88. The second kappa shape index (κ2) is 6.26. The molecule has 23 heavy (non-hydrogen) atoms. The molecule has 0 saturated heterocycles. The molecule has 1 fully saturated rings. The summed E-state index contributed by atoms with van der Waals surface area (Å²) in [6.45, 7) is 1.85. The molecule has 1 aliphatic rings. The van der Waals surface area contributed by atoms with Gasteiger partial charge in [0, 0.05) is 27.8 Å². The van der Waals surface area contributed by atoms with Crippen molar-refractivity contribution in [3.8, 4) is 11.1 Å². The standard InChI is InChI=1S/C15H13BrCl2N4O/c1-6-4-9(17)22-13(18)10(6)11-8(16)5-20-15(12(11)14(19)23)21-7-2-3-7/h4-5,7H,2-3H2,1H3,(H2,19,23)(H,20,21). The molecule has 3 rings (SSSR count). The van der Waals surface area contributed by atoms with Crippen LogP contribution in [0.3, 0.4) is 0 Å². The highest BCUT2D eigenvalue weighted by atomic mass is 79.9. The molecule has 1 amide bonds. The van der Waals surface area contributed by atoms with Gasteiger partial charge in [-0.05, 0) is 47.3 Å². The van der Waals surface area contributed by atoms with Crippen LogP contribution in [0.4, 0.5) is 5.82 Å². The van der Waals surface area contributed by atoms with Crippen LogP contribution >= 0.6 is 39.1 Å². The number of aromatic nitrogens is 2. The Hall–Kier alpha value is -1.37. The van der Waals surface area contributed by atoms with Gasteiger partial charge in [0.25, 0.3) is 5.91 Å². The molecule has 0 bridgehead atoms. The Morgan fingerprint density at radius 2 is 2.09 bits per heavy atom. The van der Waals surface area contributed by atoms with Crippen molar-refractivity contribution in [1.82, 2.24) is 9.97 Å². The Morgan fingerprint density at radius 1 is 1.39 bits per heavy atom. The van der Waals surface area contributed by atoms with E-state index in [9.17, 15) is 4.79 Å².